The minimum Gasteiger partial charge on any atom is -0.497 e. The first kappa shape index (κ1) is 22.2. The number of benzene rings is 2. The summed E-state index contributed by atoms with van der Waals surface area (Å²) in [5, 5.41) is 8.78. The number of hydrogen-bond donors (Lipinski definition) is 2. The van der Waals surface area contributed by atoms with Crippen molar-refractivity contribution in [2.75, 3.05) is 17.7 Å². The molecule has 3 aromatic rings. The molecule has 0 unspecified atom stereocenters. The summed E-state index contributed by atoms with van der Waals surface area (Å²) in [7, 11) is 1.43. The molecule has 0 spiro atoms. The number of rotatable bonds is 5. The maximum atomic E-state index is 13.8. The van der Waals surface area contributed by atoms with Crippen molar-refractivity contribution in [3.8, 4) is 11.4 Å². The van der Waals surface area contributed by atoms with E-state index in [1.165, 1.54) is 56.5 Å². The molecule has 0 fully saturated rings. The molecule has 7 nitrogen and oxygen atoms in total. The summed E-state index contributed by atoms with van der Waals surface area (Å²) in [5.41, 5.74) is -1.43. The Bertz CT molecular complexity index is 1130. The molecule has 0 radical (unpaired) electrons. The highest BCUT2D eigenvalue weighted by atomic mass is 35.5. The van der Waals surface area contributed by atoms with Crippen LogP contribution in [0.2, 0.25) is 5.02 Å². The minimum absolute atomic E-state index is 0.0999. The fourth-order valence-electron chi connectivity index (χ4n) is 2.84. The lowest BCUT2D eigenvalue weighted by Gasteiger charge is -2.13. The van der Waals surface area contributed by atoms with Gasteiger partial charge in [-0.1, -0.05) is 11.6 Å². The number of anilines is 2. The van der Waals surface area contributed by atoms with Crippen molar-refractivity contribution in [1.82, 2.24) is 9.78 Å². The van der Waals surface area contributed by atoms with Crippen LogP contribution in [0.1, 0.15) is 23.0 Å². The van der Waals surface area contributed by atoms with E-state index in [4.69, 9.17) is 16.3 Å². The number of nitrogens with one attached hydrogen (secondary N) is 2. The van der Waals surface area contributed by atoms with Crippen molar-refractivity contribution in [3.05, 3.63) is 64.9 Å². The van der Waals surface area contributed by atoms with E-state index in [-0.39, 0.29) is 28.0 Å². The number of nitrogens with zero attached hydrogens (tertiary/aromatic N) is 2. The van der Waals surface area contributed by atoms with Crippen LogP contribution in [0, 0.1) is 0 Å². The first-order valence-corrected chi connectivity index (χ1v) is 9.15. The van der Waals surface area contributed by atoms with Crippen molar-refractivity contribution in [1.29, 1.82) is 0 Å². The van der Waals surface area contributed by atoms with Crippen LogP contribution < -0.4 is 15.4 Å². The highest BCUT2D eigenvalue weighted by Crippen LogP contribution is 2.34. The summed E-state index contributed by atoms with van der Waals surface area (Å²) in [6.45, 7) is 1.28. The van der Waals surface area contributed by atoms with Gasteiger partial charge in [0.15, 0.2) is 5.69 Å². The number of ether oxygens (including phenoxy) is 1. The molecule has 0 aliphatic rings. The first-order valence-electron chi connectivity index (χ1n) is 8.77. The molecule has 11 heteroatoms. The molecule has 162 valence electrons. The van der Waals surface area contributed by atoms with Crippen LogP contribution >= 0.6 is 11.6 Å². The fraction of sp³-hybridized carbons (Fsp3) is 0.150. The topological polar surface area (TPSA) is 85.2 Å². The standard InChI is InChI=1S/C20H16ClF3N4O3/c1-11(29)26-13-7-12(21)8-14(9-13)27-19(30)17-10-25-28(18(17)20(22,23)24)15-3-5-16(31-2)6-4-15/h3-10H,1-2H3,(H,26,29)(H,27,30). The summed E-state index contributed by atoms with van der Waals surface area (Å²) >= 11 is 5.97. The molecule has 0 saturated carbocycles. The third-order valence-electron chi connectivity index (χ3n) is 4.08. The number of halogens is 4. The van der Waals surface area contributed by atoms with Gasteiger partial charge in [0, 0.05) is 23.3 Å². The second-order valence-corrected chi connectivity index (χ2v) is 6.81. The summed E-state index contributed by atoms with van der Waals surface area (Å²) < 4.78 is 47.1. The molecule has 0 bridgehead atoms. The average molecular weight is 453 g/mol. The van der Waals surface area contributed by atoms with Gasteiger partial charge in [0.1, 0.15) is 5.75 Å². The Morgan fingerprint density at radius 2 is 1.68 bits per heavy atom. The normalized spacial score (nSPS) is 11.2. The van der Waals surface area contributed by atoms with E-state index in [0.29, 0.717) is 10.4 Å². The van der Waals surface area contributed by atoms with Crippen molar-refractivity contribution >= 4 is 34.8 Å². The highest BCUT2D eigenvalue weighted by Gasteiger charge is 2.40. The number of amides is 2. The van der Waals surface area contributed by atoms with Gasteiger partial charge in [0.05, 0.1) is 24.6 Å². The van der Waals surface area contributed by atoms with E-state index < -0.39 is 23.3 Å². The Labute approximate surface area is 179 Å². The fourth-order valence-corrected chi connectivity index (χ4v) is 3.08. The van der Waals surface area contributed by atoms with E-state index in [1.807, 2.05) is 0 Å². The van der Waals surface area contributed by atoms with Gasteiger partial charge in [-0.25, -0.2) is 4.68 Å². The summed E-state index contributed by atoms with van der Waals surface area (Å²) in [6.07, 6.45) is -4.03. The van der Waals surface area contributed by atoms with Crippen LogP contribution in [-0.2, 0) is 11.0 Å². The van der Waals surface area contributed by atoms with Crippen molar-refractivity contribution in [2.45, 2.75) is 13.1 Å². The maximum absolute atomic E-state index is 13.8. The molecule has 2 aromatic carbocycles. The monoisotopic (exact) mass is 452 g/mol. The third-order valence-corrected chi connectivity index (χ3v) is 4.29. The molecule has 1 heterocycles. The zero-order chi connectivity index (χ0) is 22.8. The summed E-state index contributed by atoms with van der Waals surface area (Å²) in [6, 6.07) is 9.87. The van der Waals surface area contributed by atoms with Gasteiger partial charge in [0.25, 0.3) is 5.91 Å². The zero-order valence-corrected chi connectivity index (χ0v) is 17.0. The number of hydrogen-bond acceptors (Lipinski definition) is 4. The molecule has 0 aliphatic carbocycles. The molecular formula is C20H16ClF3N4O3. The molecule has 2 N–H and O–H groups in total. The molecule has 31 heavy (non-hydrogen) atoms. The highest BCUT2D eigenvalue weighted by molar-refractivity contribution is 6.31. The van der Waals surface area contributed by atoms with Gasteiger partial charge in [0.2, 0.25) is 5.91 Å². The van der Waals surface area contributed by atoms with E-state index in [2.05, 4.69) is 15.7 Å². The van der Waals surface area contributed by atoms with Crippen molar-refractivity contribution < 1.29 is 27.5 Å². The zero-order valence-electron chi connectivity index (χ0n) is 16.2. The predicted octanol–water partition coefficient (Wildman–Crippen LogP) is 4.76. The smallest absolute Gasteiger partial charge is 0.434 e. The lowest BCUT2D eigenvalue weighted by molar-refractivity contribution is -0.143. The van der Waals surface area contributed by atoms with Crippen LogP contribution in [-0.4, -0.2) is 28.7 Å². The Morgan fingerprint density at radius 1 is 1.06 bits per heavy atom. The molecular weight excluding hydrogens is 437 g/mol. The second kappa shape index (κ2) is 8.68. The van der Waals surface area contributed by atoms with E-state index in [1.54, 1.807) is 0 Å². The van der Waals surface area contributed by atoms with Gasteiger partial charge in [-0.3, -0.25) is 9.59 Å². The second-order valence-electron chi connectivity index (χ2n) is 6.38. The van der Waals surface area contributed by atoms with Crippen LogP contribution in [0.5, 0.6) is 5.75 Å². The minimum atomic E-state index is -4.86. The Hall–Kier alpha value is -3.53. The maximum Gasteiger partial charge on any atom is 0.434 e. The lowest BCUT2D eigenvalue weighted by atomic mass is 10.2. The number of carbonyl (C=O) groups is 2. The van der Waals surface area contributed by atoms with E-state index in [0.717, 1.165) is 6.20 Å². The number of carbonyl (C=O) groups excluding carboxylic acids is 2. The summed E-state index contributed by atoms with van der Waals surface area (Å²) in [5.74, 6) is -0.957. The molecule has 0 aliphatic heterocycles. The molecule has 1 aromatic heterocycles. The third kappa shape index (κ3) is 5.15. The van der Waals surface area contributed by atoms with Crippen LogP contribution in [0.3, 0.4) is 0 Å². The molecule has 0 saturated heterocycles. The lowest BCUT2D eigenvalue weighted by Crippen LogP contribution is -2.20. The van der Waals surface area contributed by atoms with Crippen molar-refractivity contribution in [3.63, 3.8) is 0 Å². The average Bonchev–Trinajstić information content (AvgIpc) is 3.13. The van der Waals surface area contributed by atoms with Crippen LogP contribution in [0.25, 0.3) is 5.69 Å². The van der Waals surface area contributed by atoms with Crippen molar-refractivity contribution in [2.24, 2.45) is 0 Å². The van der Waals surface area contributed by atoms with Gasteiger partial charge >= 0.3 is 6.18 Å². The Balaban J connectivity index is 1.97. The van der Waals surface area contributed by atoms with E-state index >= 15 is 0 Å². The Morgan fingerprint density at radius 3 is 2.23 bits per heavy atom. The SMILES string of the molecule is COc1ccc(-n2ncc(C(=O)Nc3cc(Cl)cc(NC(C)=O)c3)c2C(F)(F)F)cc1. The predicted molar refractivity (Wildman–Crippen MR) is 109 cm³/mol. The Kier molecular flexibility index (Phi) is 6.21. The summed E-state index contributed by atoms with van der Waals surface area (Å²) in [4.78, 5) is 23.9. The number of aromatic nitrogens is 2. The molecule has 0 atom stereocenters. The quantitative estimate of drug-likeness (QED) is 0.584. The van der Waals surface area contributed by atoms with Gasteiger partial charge in [-0.15, -0.1) is 0 Å². The van der Waals surface area contributed by atoms with Crippen LogP contribution in [0.15, 0.2) is 48.7 Å². The molecule has 3 rings (SSSR count). The molecule has 2 amide bonds. The van der Waals surface area contributed by atoms with Crippen LogP contribution in [0.4, 0.5) is 24.5 Å². The number of methoxy groups -OCH3 is 1. The van der Waals surface area contributed by atoms with Gasteiger partial charge < -0.3 is 15.4 Å². The number of alkyl halides is 3. The van der Waals surface area contributed by atoms with Gasteiger partial charge in [-0.2, -0.15) is 18.3 Å². The largest absolute Gasteiger partial charge is 0.497 e. The van der Waals surface area contributed by atoms with Gasteiger partial charge in [-0.05, 0) is 42.5 Å². The van der Waals surface area contributed by atoms with E-state index in [9.17, 15) is 22.8 Å². The first-order chi connectivity index (χ1) is 14.6.